The first-order valence-corrected chi connectivity index (χ1v) is 7.93. The zero-order valence-electron chi connectivity index (χ0n) is 11.9. The molecule has 0 N–H and O–H groups in total. The highest BCUT2D eigenvalue weighted by Gasteiger charge is 2.08. The van der Waals surface area contributed by atoms with Crippen molar-refractivity contribution in [2.24, 2.45) is 0 Å². The average molecular weight is 244 g/mol. The smallest absolute Gasteiger partial charge is 0.0207 e. The zero-order chi connectivity index (χ0) is 12.3. The lowest BCUT2D eigenvalue weighted by molar-refractivity contribution is 0.525. The quantitative estimate of drug-likeness (QED) is 0.311. The van der Waals surface area contributed by atoms with Crippen molar-refractivity contribution in [2.75, 3.05) is 0 Å². The summed E-state index contributed by atoms with van der Waals surface area (Å²) in [6.07, 6.45) is 15.8. The van der Waals surface area contributed by atoms with E-state index in [9.17, 15) is 0 Å². The third-order valence-electron chi connectivity index (χ3n) is 3.17. The van der Waals surface area contributed by atoms with Crippen molar-refractivity contribution in [3.8, 4) is 0 Å². The zero-order valence-corrected chi connectivity index (χ0v) is 13.0. The molecule has 16 heavy (non-hydrogen) atoms. The van der Waals surface area contributed by atoms with Crippen LogP contribution < -0.4 is 0 Å². The summed E-state index contributed by atoms with van der Waals surface area (Å²) in [6, 6.07) is 0. The van der Waals surface area contributed by atoms with Gasteiger partial charge in [0.25, 0.3) is 0 Å². The first kappa shape index (κ1) is 16.4. The summed E-state index contributed by atoms with van der Waals surface area (Å²) >= 11 is 0. The summed E-state index contributed by atoms with van der Waals surface area (Å²) in [4.78, 5) is 0. The van der Waals surface area contributed by atoms with Crippen molar-refractivity contribution in [1.82, 2.24) is 0 Å². The van der Waals surface area contributed by atoms with Gasteiger partial charge < -0.3 is 0 Å². The van der Waals surface area contributed by atoms with Crippen LogP contribution >= 0.6 is 9.24 Å². The minimum atomic E-state index is 0.458. The summed E-state index contributed by atoms with van der Waals surface area (Å²) in [6.45, 7) is 6.91. The van der Waals surface area contributed by atoms with Crippen molar-refractivity contribution in [3.63, 3.8) is 0 Å². The lowest BCUT2D eigenvalue weighted by atomic mass is 10.0. The van der Waals surface area contributed by atoms with Crippen molar-refractivity contribution in [2.45, 2.75) is 96.6 Å². The van der Waals surface area contributed by atoms with Gasteiger partial charge in [0, 0.05) is 0 Å². The minimum absolute atomic E-state index is 0.458. The van der Waals surface area contributed by atoms with Crippen LogP contribution in [0.25, 0.3) is 0 Å². The van der Waals surface area contributed by atoms with E-state index in [-0.39, 0.29) is 0 Å². The molecule has 1 unspecified atom stereocenters. The Hall–Kier alpha value is 0.430. The maximum atomic E-state index is 2.95. The fourth-order valence-electron chi connectivity index (χ4n) is 2.07. The van der Waals surface area contributed by atoms with Crippen LogP contribution in [-0.4, -0.2) is 5.16 Å². The SMILES string of the molecule is CCCCCCCCCCCCC(C)(C)P. The first-order valence-electron chi connectivity index (χ1n) is 7.35. The predicted octanol–water partition coefficient (Wildman–Crippen LogP) is 5.95. The Morgan fingerprint density at radius 1 is 0.688 bits per heavy atom. The van der Waals surface area contributed by atoms with Gasteiger partial charge in [0.1, 0.15) is 0 Å². The Bertz CT molecular complexity index is 135. The molecule has 0 spiro atoms. The molecule has 1 atom stereocenters. The Morgan fingerprint density at radius 3 is 1.44 bits per heavy atom. The monoisotopic (exact) mass is 244 g/mol. The van der Waals surface area contributed by atoms with Crippen LogP contribution in [0.15, 0.2) is 0 Å². The fourth-order valence-corrected chi connectivity index (χ4v) is 2.27. The molecule has 98 valence electrons. The molecule has 0 aromatic heterocycles. The van der Waals surface area contributed by atoms with E-state index in [1.165, 1.54) is 70.6 Å². The summed E-state index contributed by atoms with van der Waals surface area (Å²) in [5.74, 6) is 0. The lowest BCUT2D eigenvalue weighted by Crippen LogP contribution is -2.07. The second-order valence-corrected chi connectivity index (χ2v) is 7.48. The van der Waals surface area contributed by atoms with Crippen LogP contribution in [0.5, 0.6) is 0 Å². The van der Waals surface area contributed by atoms with Gasteiger partial charge in [-0.15, -0.1) is 9.24 Å². The van der Waals surface area contributed by atoms with Crippen LogP contribution in [-0.2, 0) is 0 Å². The number of unbranched alkanes of at least 4 members (excludes halogenated alkanes) is 9. The topological polar surface area (TPSA) is 0 Å². The molecule has 0 aromatic carbocycles. The molecule has 0 aliphatic heterocycles. The highest BCUT2D eigenvalue weighted by molar-refractivity contribution is 7.18. The first-order chi connectivity index (χ1) is 7.56. The van der Waals surface area contributed by atoms with Gasteiger partial charge in [0.05, 0.1) is 0 Å². The van der Waals surface area contributed by atoms with Crippen LogP contribution in [0, 0.1) is 0 Å². The molecule has 0 saturated heterocycles. The fraction of sp³-hybridized carbons (Fsp3) is 1.00. The summed E-state index contributed by atoms with van der Waals surface area (Å²) in [7, 11) is 2.95. The van der Waals surface area contributed by atoms with E-state index < -0.39 is 0 Å². The summed E-state index contributed by atoms with van der Waals surface area (Å²) in [5.41, 5.74) is 0. The lowest BCUT2D eigenvalue weighted by Gasteiger charge is -2.17. The summed E-state index contributed by atoms with van der Waals surface area (Å²) in [5, 5.41) is 0.458. The van der Waals surface area contributed by atoms with Crippen LogP contribution in [0.1, 0.15) is 91.4 Å². The van der Waals surface area contributed by atoms with Crippen molar-refractivity contribution < 1.29 is 0 Å². The predicted molar refractivity (Wildman–Crippen MR) is 80.3 cm³/mol. The standard InChI is InChI=1S/C15H33P/c1-4-5-6-7-8-9-10-11-12-13-14-15(2,3)16/h4-14,16H2,1-3H3. The Labute approximate surface area is 106 Å². The van der Waals surface area contributed by atoms with Gasteiger partial charge in [-0.2, -0.15) is 0 Å². The molecule has 0 amide bonds. The maximum Gasteiger partial charge on any atom is -0.0207 e. The molecule has 0 radical (unpaired) electrons. The van der Waals surface area contributed by atoms with Gasteiger partial charge in [0.15, 0.2) is 0 Å². The van der Waals surface area contributed by atoms with E-state index in [2.05, 4.69) is 30.0 Å². The van der Waals surface area contributed by atoms with Crippen LogP contribution in [0.3, 0.4) is 0 Å². The molecule has 0 heterocycles. The van der Waals surface area contributed by atoms with Gasteiger partial charge >= 0.3 is 0 Å². The molecule has 0 rings (SSSR count). The second-order valence-electron chi connectivity index (χ2n) is 5.92. The number of hydrogen-bond donors (Lipinski definition) is 0. The number of hydrogen-bond acceptors (Lipinski definition) is 0. The molecule has 0 aromatic rings. The Morgan fingerprint density at radius 2 is 1.06 bits per heavy atom. The molecule has 1 heteroatoms. The van der Waals surface area contributed by atoms with Gasteiger partial charge in [-0.1, -0.05) is 85.0 Å². The van der Waals surface area contributed by atoms with Crippen molar-refractivity contribution in [3.05, 3.63) is 0 Å². The van der Waals surface area contributed by atoms with Crippen LogP contribution in [0.2, 0.25) is 0 Å². The third-order valence-corrected chi connectivity index (χ3v) is 3.46. The molecule has 0 aliphatic rings. The normalized spacial score (nSPS) is 12.0. The second kappa shape index (κ2) is 10.6. The largest absolute Gasteiger partial charge is 0.132 e. The maximum absolute atomic E-state index is 2.95. The van der Waals surface area contributed by atoms with E-state index in [1.54, 1.807) is 0 Å². The average Bonchev–Trinajstić information content (AvgIpc) is 2.19. The van der Waals surface area contributed by atoms with E-state index in [4.69, 9.17) is 0 Å². The molecular formula is C15H33P. The van der Waals surface area contributed by atoms with Gasteiger partial charge in [0.2, 0.25) is 0 Å². The highest BCUT2D eigenvalue weighted by atomic mass is 31.0. The van der Waals surface area contributed by atoms with Crippen LogP contribution in [0.4, 0.5) is 0 Å². The molecule has 0 aliphatic carbocycles. The van der Waals surface area contributed by atoms with Gasteiger partial charge in [-0.3, -0.25) is 0 Å². The molecule has 0 nitrogen and oxygen atoms in total. The summed E-state index contributed by atoms with van der Waals surface area (Å²) < 4.78 is 0. The minimum Gasteiger partial charge on any atom is -0.132 e. The van der Waals surface area contributed by atoms with Gasteiger partial charge in [-0.05, 0) is 11.6 Å². The third kappa shape index (κ3) is 14.4. The molecule has 0 saturated carbocycles. The van der Waals surface area contributed by atoms with E-state index >= 15 is 0 Å². The van der Waals surface area contributed by atoms with E-state index in [1.807, 2.05) is 0 Å². The molecule has 0 bridgehead atoms. The Kier molecular flexibility index (Phi) is 10.9. The molecular weight excluding hydrogens is 211 g/mol. The van der Waals surface area contributed by atoms with Crippen molar-refractivity contribution >= 4 is 9.24 Å². The van der Waals surface area contributed by atoms with E-state index in [0.717, 1.165) is 0 Å². The van der Waals surface area contributed by atoms with E-state index in [0.29, 0.717) is 5.16 Å². The molecule has 0 fully saturated rings. The Balaban J connectivity index is 2.99. The number of rotatable bonds is 11. The van der Waals surface area contributed by atoms with Crippen molar-refractivity contribution in [1.29, 1.82) is 0 Å². The highest BCUT2D eigenvalue weighted by Crippen LogP contribution is 2.24. The van der Waals surface area contributed by atoms with Gasteiger partial charge in [-0.25, -0.2) is 0 Å².